The quantitative estimate of drug-likeness (QED) is 0.674. The molecule has 1 aliphatic carbocycles. The topological polar surface area (TPSA) is 50.7 Å². The van der Waals surface area contributed by atoms with Crippen molar-refractivity contribution < 1.29 is 14.6 Å². The fourth-order valence-electron chi connectivity index (χ4n) is 2.65. The van der Waals surface area contributed by atoms with Gasteiger partial charge in [-0.25, -0.2) is 0 Å². The molecule has 4 heteroatoms. The molecule has 1 rings (SSSR count). The van der Waals surface area contributed by atoms with E-state index >= 15 is 0 Å². The largest absolute Gasteiger partial charge is 0.389 e. The highest BCUT2D eigenvalue weighted by Gasteiger charge is 2.22. The third-order valence-electron chi connectivity index (χ3n) is 4.04. The lowest BCUT2D eigenvalue weighted by Crippen LogP contribution is -2.40. The maximum absolute atomic E-state index is 9.95. The third kappa shape index (κ3) is 6.70. The average Bonchev–Trinajstić information content (AvgIpc) is 2.42. The molecule has 0 aliphatic heterocycles. The molecule has 0 spiro atoms. The molecule has 19 heavy (non-hydrogen) atoms. The number of hydrogen-bond donors (Lipinski definition) is 2. The van der Waals surface area contributed by atoms with Crippen molar-refractivity contribution in [2.24, 2.45) is 5.92 Å². The Morgan fingerprint density at radius 1 is 1.26 bits per heavy atom. The molecule has 0 saturated heterocycles. The van der Waals surface area contributed by atoms with Crippen molar-refractivity contribution in [1.82, 2.24) is 5.32 Å². The van der Waals surface area contributed by atoms with E-state index in [0.29, 0.717) is 37.8 Å². The van der Waals surface area contributed by atoms with Crippen LogP contribution in [0, 0.1) is 5.92 Å². The number of methoxy groups -OCH3 is 1. The van der Waals surface area contributed by atoms with E-state index in [2.05, 4.69) is 19.2 Å². The molecule has 0 amide bonds. The maximum Gasteiger partial charge on any atom is 0.0897 e. The zero-order valence-corrected chi connectivity index (χ0v) is 12.7. The Hall–Kier alpha value is -0.160. The van der Waals surface area contributed by atoms with E-state index < -0.39 is 6.10 Å². The summed E-state index contributed by atoms with van der Waals surface area (Å²) < 4.78 is 11.0. The maximum atomic E-state index is 9.95. The molecule has 0 radical (unpaired) electrons. The van der Waals surface area contributed by atoms with Gasteiger partial charge in [0.2, 0.25) is 0 Å². The summed E-state index contributed by atoms with van der Waals surface area (Å²) in [6, 6.07) is 0.313. The second kappa shape index (κ2) is 9.70. The minimum Gasteiger partial charge on any atom is -0.389 e. The molecule has 2 N–H and O–H groups in total. The summed E-state index contributed by atoms with van der Waals surface area (Å²) in [5.74, 6) is 0.630. The third-order valence-corrected chi connectivity index (χ3v) is 4.04. The Labute approximate surface area is 117 Å². The first kappa shape index (κ1) is 16.9. The smallest absolute Gasteiger partial charge is 0.0897 e. The van der Waals surface area contributed by atoms with Crippen molar-refractivity contribution in [3.8, 4) is 0 Å². The molecule has 0 aromatic rings. The highest BCUT2D eigenvalue weighted by Crippen LogP contribution is 2.26. The summed E-state index contributed by atoms with van der Waals surface area (Å²) in [6.45, 7) is 6.06. The zero-order valence-electron chi connectivity index (χ0n) is 12.7. The normalized spacial score (nSPS) is 27.2. The van der Waals surface area contributed by atoms with E-state index in [1.165, 1.54) is 19.3 Å². The van der Waals surface area contributed by atoms with Gasteiger partial charge in [-0.1, -0.05) is 26.7 Å². The van der Waals surface area contributed by atoms with E-state index in [0.717, 1.165) is 12.8 Å². The number of ether oxygens (including phenoxy) is 2. The van der Waals surface area contributed by atoms with Crippen LogP contribution >= 0.6 is 0 Å². The minimum absolute atomic E-state index is 0.313. The summed E-state index contributed by atoms with van der Waals surface area (Å²) in [7, 11) is 1.70. The molecule has 4 atom stereocenters. The summed E-state index contributed by atoms with van der Waals surface area (Å²) in [4.78, 5) is 0. The van der Waals surface area contributed by atoms with E-state index in [4.69, 9.17) is 9.47 Å². The van der Waals surface area contributed by atoms with Crippen LogP contribution < -0.4 is 5.32 Å². The number of nitrogens with one attached hydrogen (secondary N) is 1. The van der Waals surface area contributed by atoms with Crippen molar-refractivity contribution in [1.29, 1.82) is 0 Å². The lowest BCUT2D eigenvalue weighted by Gasteiger charge is -2.29. The van der Waals surface area contributed by atoms with E-state index in [1.807, 2.05) is 0 Å². The molecule has 0 bridgehead atoms. The SMILES string of the molecule is CCC(COC)NCC(O)COC1CCCCC1C. The fourth-order valence-corrected chi connectivity index (χ4v) is 2.65. The van der Waals surface area contributed by atoms with E-state index in [-0.39, 0.29) is 0 Å². The number of hydrogen-bond acceptors (Lipinski definition) is 4. The number of rotatable bonds is 9. The van der Waals surface area contributed by atoms with Gasteiger partial charge in [0.05, 0.1) is 25.4 Å². The van der Waals surface area contributed by atoms with Crippen LogP contribution in [0.25, 0.3) is 0 Å². The van der Waals surface area contributed by atoms with Gasteiger partial charge in [0, 0.05) is 19.7 Å². The molecule has 4 unspecified atom stereocenters. The van der Waals surface area contributed by atoms with Gasteiger partial charge in [0.15, 0.2) is 0 Å². The van der Waals surface area contributed by atoms with Crippen LogP contribution in [0.3, 0.4) is 0 Å². The summed E-state index contributed by atoms with van der Waals surface area (Å²) in [6.07, 6.45) is 5.88. The van der Waals surface area contributed by atoms with Gasteiger partial charge >= 0.3 is 0 Å². The molecule has 1 saturated carbocycles. The summed E-state index contributed by atoms with van der Waals surface area (Å²) >= 11 is 0. The molecule has 0 aromatic heterocycles. The highest BCUT2D eigenvalue weighted by molar-refractivity contribution is 4.74. The van der Waals surface area contributed by atoms with Crippen LogP contribution in [-0.4, -0.2) is 50.2 Å². The van der Waals surface area contributed by atoms with Crippen LogP contribution in [0.15, 0.2) is 0 Å². The van der Waals surface area contributed by atoms with Crippen LogP contribution in [0.1, 0.15) is 46.0 Å². The average molecular weight is 273 g/mol. The zero-order chi connectivity index (χ0) is 14.1. The van der Waals surface area contributed by atoms with Gasteiger partial charge in [0.1, 0.15) is 0 Å². The van der Waals surface area contributed by atoms with Gasteiger partial charge in [-0.15, -0.1) is 0 Å². The van der Waals surface area contributed by atoms with Crippen molar-refractivity contribution in [2.45, 2.75) is 64.2 Å². The van der Waals surface area contributed by atoms with Gasteiger partial charge in [-0.05, 0) is 25.2 Å². The Morgan fingerprint density at radius 2 is 2.00 bits per heavy atom. The molecular formula is C15H31NO3. The van der Waals surface area contributed by atoms with Crippen molar-refractivity contribution >= 4 is 0 Å². The van der Waals surface area contributed by atoms with Gasteiger partial charge < -0.3 is 19.9 Å². The predicted octanol–water partition coefficient (Wildman–Crippen LogP) is 1.96. The Bertz CT molecular complexity index is 225. The Balaban J connectivity index is 2.14. The second-order valence-electron chi connectivity index (χ2n) is 5.76. The molecule has 1 aliphatic rings. The fraction of sp³-hybridized carbons (Fsp3) is 1.00. The van der Waals surface area contributed by atoms with Gasteiger partial charge in [-0.3, -0.25) is 0 Å². The Kier molecular flexibility index (Phi) is 8.62. The minimum atomic E-state index is -0.431. The standard InChI is InChI=1S/C15H31NO3/c1-4-13(10-18-3)16-9-14(17)11-19-15-8-6-5-7-12(15)2/h12-17H,4-11H2,1-3H3. The number of aliphatic hydroxyl groups excluding tert-OH is 1. The van der Waals surface area contributed by atoms with Gasteiger partial charge in [0.25, 0.3) is 0 Å². The first-order valence-electron chi connectivity index (χ1n) is 7.69. The van der Waals surface area contributed by atoms with E-state index in [9.17, 15) is 5.11 Å². The molecule has 0 heterocycles. The lowest BCUT2D eigenvalue weighted by molar-refractivity contribution is -0.0460. The molecule has 0 aromatic carbocycles. The van der Waals surface area contributed by atoms with Crippen LogP contribution in [0.5, 0.6) is 0 Å². The Morgan fingerprint density at radius 3 is 2.63 bits per heavy atom. The van der Waals surface area contributed by atoms with E-state index in [1.54, 1.807) is 7.11 Å². The van der Waals surface area contributed by atoms with Crippen molar-refractivity contribution in [3.05, 3.63) is 0 Å². The summed E-state index contributed by atoms with van der Waals surface area (Å²) in [5, 5.41) is 13.3. The van der Waals surface area contributed by atoms with Gasteiger partial charge in [-0.2, -0.15) is 0 Å². The predicted molar refractivity (Wildman–Crippen MR) is 77.3 cm³/mol. The summed E-state index contributed by atoms with van der Waals surface area (Å²) in [5.41, 5.74) is 0. The number of aliphatic hydroxyl groups is 1. The van der Waals surface area contributed by atoms with Crippen molar-refractivity contribution in [2.75, 3.05) is 26.9 Å². The molecular weight excluding hydrogens is 242 g/mol. The van der Waals surface area contributed by atoms with Crippen LogP contribution in [0.4, 0.5) is 0 Å². The molecule has 4 nitrogen and oxygen atoms in total. The first-order chi connectivity index (χ1) is 9.17. The van der Waals surface area contributed by atoms with Crippen molar-refractivity contribution in [3.63, 3.8) is 0 Å². The molecule has 1 fully saturated rings. The van der Waals surface area contributed by atoms with Crippen LogP contribution in [0.2, 0.25) is 0 Å². The molecule has 114 valence electrons. The first-order valence-corrected chi connectivity index (χ1v) is 7.69. The second-order valence-corrected chi connectivity index (χ2v) is 5.76. The monoisotopic (exact) mass is 273 g/mol. The lowest BCUT2D eigenvalue weighted by atomic mass is 9.88. The highest BCUT2D eigenvalue weighted by atomic mass is 16.5. The van der Waals surface area contributed by atoms with Crippen LogP contribution in [-0.2, 0) is 9.47 Å².